The highest BCUT2D eigenvalue weighted by molar-refractivity contribution is 7.92. The number of benzene rings is 1. The normalized spacial score (nSPS) is 11.4. The zero-order valence-corrected chi connectivity index (χ0v) is 16.3. The van der Waals surface area contributed by atoms with Crippen molar-refractivity contribution < 1.29 is 13.2 Å². The van der Waals surface area contributed by atoms with Gasteiger partial charge in [0.05, 0.1) is 12.0 Å². The van der Waals surface area contributed by atoms with Crippen LogP contribution in [0.3, 0.4) is 0 Å². The molecule has 142 valence electrons. The van der Waals surface area contributed by atoms with Crippen LogP contribution in [0.2, 0.25) is 0 Å². The van der Waals surface area contributed by atoms with Crippen molar-refractivity contribution >= 4 is 21.7 Å². The van der Waals surface area contributed by atoms with Gasteiger partial charge in [0.2, 0.25) is 0 Å². The molecule has 0 spiro atoms. The van der Waals surface area contributed by atoms with Crippen molar-refractivity contribution in [2.24, 2.45) is 0 Å². The van der Waals surface area contributed by atoms with Crippen molar-refractivity contribution in [3.05, 3.63) is 35.9 Å². The van der Waals surface area contributed by atoms with Crippen LogP contribution in [0, 0.1) is 6.92 Å². The van der Waals surface area contributed by atoms with Gasteiger partial charge in [-0.2, -0.15) is 0 Å². The maximum atomic E-state index is 12.5. The Labute approximate surface area is 154 Å². The Bertz CT molecular complexity index is 823. The van der Waals surface area contributed by atoms with Gasteiger partial charge >= 0.3 is 0 Å². The van der Waals surface area contributed by atoms with Crippen molar-refractivity contribution in [3.63, 3.8) is 0 Å². The standard InChI is InChI=1S/C17H25N5O3S/c1-13-12-14(25-4)6-7-15(13)26(23,24)21-17-9-8-16(19-20-17)18-10-5-11-22(2)3/h6-9,12H,5,10-11H2,1-4H3,(H,18,19)(H,20,21). The predicted octanol–water partition coefficient (Wildman–Crippen LogP) is 1.96. The maximum Gasteiger partial charge on any atom is 0.263 e. The highest BCUT2D eigenvalue weighted by Crippen LogP contribution is 2.22. The fourth-order valence-corrected chi connectivity index (χ4v) is 3.56. The molecule has 0 radical (unpaired) electrons. The molecular weight excluding hydrogens is 354 g/mol. The maximum absolute atomic E-state index is 12.5. The molecule has 9 heteroatoms. The number of anilines is 2. The van der Waals surface area contributed by atoms with Crippen molar-refractivity contribution in [3.8, 4) is 5.75 Å². The van der Waals surface area contributed by atoms with E-state index in [4.69, 9.17) is 4.74 Å². The van der Waals surface area contributed by atoms with Crippen LogP contribution in [0.15, 0.2) is 35.2 Å². The molecule has 0 aliphatic carbocycles. The summed E-state index contributed by atoms with van der Waals surface area (Å²) < 4.78 is 32.6. The van der Waals surface area contributed by atoms with E-state index < -0.39 is 10.0 Å². The molecule has 26 heavy (non-hydrogen) atoms. The summed E-state index contributed by atoms with van der Waals surface area (Å²) in [6.45, 7) is 3.45. The number of nitrogens with zero attached hydrogens (tertiary/aromatic N) is 3. The number of ether oxygens (including phenoxy) is 1. The van der Waals surface area contributed by atoms with Gasteiger partial charge in [-0.05, 0) is 69.9 Å². The molecule has 0 bridgehead atoms. The highest BCUT2D eigenvalue weighted by Gasteiger charge is 2.18. The Balaban J connectivity index is 2.01. The van der Waals surface area contributed by atoms with Crippen molar-refractivity contribution in [2.75, 3.05) is 44.3 Å². The van der Waals surface area contributed by atoms with Crippen LogP contribution in [0.5, 0.6) is 5.75 Å². The van der Waals surface area contributed by atoms with Gasteiger partial charge in [0.25, 0.3) is 10.0 Å². The summed E-state index contributed by atoms with van der Waals surface area (Å²) in [6, 6.07) is 8.05. The first-order chi connectivity index (χ1) is 12.3. The minimum atomic E-state index is -3.75. The average molecular weight is 379 g/mol. The van der Waals surface area contributed by atoms with Gasteiger partial charge in [0.15, 0.2) is 5.82 Å². The van der Waals surface area contributed by atoms with Gasteiger partial charge in [-0.3, -0.25) is 4.72 Å². The fourth-order valence-electron chi connectivity index (χ4n) is 2.34. The second-order valence-electron chi connectivity index (χ2n) is 6.12. The first kappa shape index (κ1) is 19.9. The second-order valence-corrected chi connectivity index (χ2v) is 7.78. The quantitative estimate of drug-likeness (QED) is 0.643. The zero-order valence-electron chi connectivity index (χ0n) is 15.5. The lowest BCUT2D eigenvalue weighted by molar-refractivity contribution is 0.405. The van der Waals surface area contributed by atoms with Crippen LogP contribution in [0.4, 0.5) is 11.6 Å². The Morgan fingerprint density at radius 2 is 1.81 bits per heavy atom. The predicted molar refractivity (Wildman–Crippen MR) is 102 cm³/mol. The molecular formula is C17H25N5O3S. The van der Waals surface area contributed by atoms with Crippen LogP contribution < -0.4 is 14.8 Å². The molecule has 2 N–H and O–H groups in total. The molecule has 0 atom stereocenters. The third-order valence-corrected chi connectivity index (χ3v) is 5.18. The molecule has 0 aliphatic heterocycles. The zero-order chi connectivity index (χ0) is 19.2. The molecule has 0 saturated carbocycles. The number of hydrogen-bond donors (Lipinski definition) is 2. The van der Waals surface area contributed by atoms with Gasteiger partial charge in [0.1, 0.15) is 11.6 Å². The van der Waals surface area contributed by atoms with E-state index in [9.17, 15) is 8.42 Å². The molecule has 0 fully saturated rings. The number of aromatic nitrogens is 2. The number of aryl methyl sites for hydroxylation is 1. The molecule has 0 amide bonds. The Hall–Kier alpha value is -2.39. The van der Waals surface area contributed by atoms with E-state index >= 15 is 0 Å². The third kappa shape index (κ3) is 5.57. The van der Waals surface area contributed by atoms with E-state index in [1.165, 1.54) is 13.2 Å². The van der Waals surface area contributed by atoms with Crippen LogP contribution in [-0.4, -0.2) is 57.8 Å². The molecule has 0 unspecified atom stereocenters. The average Bonchev–Trinajstić information content (AvgIpc) is 2.59. The Morgan fingerprint density at radius 1 is 1.12 bits per heavy atom. The van der Waals surface area contributed by atoms with Crippen molar-refractivity contribution in [2.45, 2.75) is 18.2 Å². The molecule has 1 aromatic carbocycles. The van der Waals surface area contributed by atoms with E-state index in [1.807, 2.05) is 14.1 Å². The number of methoxy groups -OCH3 is 1. The van der Waals surface area contributed by atoms with E-state index in [0.717, 1.165) is 19.5 Å². The fraction of sp³-hybridized carbons (Fsp3) is 0.412. The molecule has 2 aromatic rings. The van der Waals surface area contributed by atoms with Gasteiger partial charge in [-0.15, -0.1) is 10.2 Å². The van der Waals surface area contributed by atoms with Crippen LogP contribution in [-0.2, 0) is 10.0 Å². The van der Waals surface area contributed by atoms with Crippen LogP contribution in [0.1, 0.15) is 12.0 Å². The minimum Gasteiger partial charge on any atom is -0.497 e. The van der Waals surface area contributed by atoms with Crippen molar-refractivity contribution in [1.82, 2.24) is 15.1 Å². The number of rotatable bonds is 9. The van der Waals surface area contributed by atoms with Crippen LogP contribution >= 0.6 is 0 Å². The molecule has 8 nitrogen and oxygen atoms in total. The van der Waals surface area contributed by atoms with Gasteiger partial charge in [0, 0.05) is 6.54 Å². The van der Waals surface area contributed by atoms with E-state index in [2.05, 4.69) is 25.1 Å². The summed E-state index contributed by atoms with van der Waals surface area (Å²) in [5, 5.41) is 11.1. The van der Waals surface area contributed by atoms with E-state index in [-0.39, 0.29) is 10.7 Å². The van der Waals surface area contributed by atoms with E-state index in [0.29, 0.717) is 17.1 Å². The molecule has 1 heterocycles. The van der Waals surface area contributed by atoms with Gasteiger partial charge in [-0.25, -0.2) is 8.42 Å². The van der Waals surface area contributed by atoms with Gasteiger partial charge < -0.3 is 15.0 Å². The topological polar surface area (TPSA) is 96.5 Å². The largest absolute Gasteiger partial charge is 0.497 e. The number of nitrogens with one attached hydrogen (secondary N) is 2. The SMILES string of the molecule is COc1ccc(S(=O)(=O)Nc2ccc(NCCCN(C)C)nn2)c(C)c1. The molecule has 1 aromatic heterocycles. The molecule has 0 aliphatic rings. The minimum absolute atomic E-state index is 0.166. The summed E-state index contributed by atoms with van der Waals surface area (Å²) in [5.41, 5.74) is 0.587. The summed E-state index contributed by atoms with van der Waals surface area (Å²) in [4.78, 5) is 2.28. The lowest BCUT2D eigenvalue weighted by Gasteiger charge is -2.11. The Morgan fingerprint density at radius 3 is 2.38 bits per heavy atom. The summed E-state index contributed by atoms with van der Waals surface area (Å²) in [5.74, 6) is 1.37. The summed E-state index contributed by atoms with van der Waals surface area (Å²) in [7, 11) is 1.83. The second kappa shape index (κ2) is 8.81. The van der Waals surface area contributed by atoms with Gasteiger partial charge in [-0.1, -0.05) is 0 Å². The Kier molecular flexibility index (Phi) is 6.76. The van der Waals surface area contributed by atoms with Crippen molar-refractivity contribution in [1.29, 1.82) is 0 Å². The third-order valence-electron chi connectivity index (χ3n) is 3.66. The first-order valence-electron chi connectivity index (χ1n) is 8.21. The molecule has 2 rings (SSSR count). The summed E-state index contributed by atoms with van der Waals surface area (Å²) >= 11 is 0. The first-order valence-corrected chi connectivity index (χ1v) is 9.70. The molecule has 0 saturated heterocycles. The van der Waals surface area contributed by atoms with Crippen LogP contribution in [0.25, 0.3) is 0 Å². The number of sulfonamides is 1. The monoisotopic (exact) mass is 379 g/mol. The summed E-state index contributed by atoms with van der Waals surface area (Å²) in [6.07, 6.45) is 0.972. The lowest BCUT2D eigenvalue weighted by atomic mass is 10.2. The van der Waals surface area contributed by atoms with E-state index in [1.54, 1.807) is 31.2 Å². The number of hydrogen-bond acceptors (Lipinski definition) is 7. The highest BCUT2D eigenvalue weighted by atomic mass is 32.2. The lowest BCUT2D eigenvalue weighted by Crippen LogP contribution is -2.17. The smallest absolute Gasteiger partial charge is 0.263 e.